The number of likely N-dealkylation sites (tertiary alicyclic amines) is 1. The van der Waals surface area contributed by atoms with Gasteiger partial charge < -0.3 is 14.4 Å². The van der Waals surface area contributed by atoms with Gasteiger partial charge in [-0.05, 0) is 31.8 Å². The molecule has 1 heterocycles. The van der Waals surface area contributed by atoms with Gasteiger partial charge >= 0.3 is 0 Å². The van der Waals surface area contributed by atoms with Gasteiger partial charge in [0, 0.05) is 33.6 Å². The molecular weight excluding hydrogens is 178 g/mol. The lowest BCUT2D eigenvalue weighted by molar-refractivity contribution is -0.271. The SMILES string of the molecule is COC1(OC)CC(CN2CCCC2)C1. The van der Waals surface area contributed by atoms with E-state index in [4.69, 9.17) is 9.47 Å². The number of methoxy groups -OCH3 is 2. The zero-order chi connectivity index (χ0) is 10.0. The first-order chi connectivity index (χ1) is 6.78. The third-order valence-corrected chi connectivity index (χ3v) is 3.66. The van der Waals surface area contributed by atoms with Crippen molar-refractivity contribution in [3.63, 3.8) is 0 Å². The summed E-state index contributed by atoms with van der Waals surface area (Å²) < 4.78 is 10.8. The highest BCUT2D eigenvalue weighted by Gasteiger charge is 2.45. The Morgan fingerprint density at radius 3 is 2.21 bits per heavy atom. The van der Waals surface area contributed by atoms with E-state index in [1.165, 1.54) is 32.5 Å². The summed E-state index contributed by atoms with van der Waals surface area (Å²) in [4.78, 5) is 2.57. The van der Waals surface area contributed by atoms with Gasteiger partial charge in [0.15, 0.2) is 5.79 Å². The van der Waals surface area contributed by atoms with Crippen LogP contribution in [0.1, 0.15) is 25.7 Å². The van der Waals surface area contributed by atoms with Gasteiger partial charge in [-0.3, -0.25) is 0 Å². The molecule has 0 unspecified atom stereocenters. The quantitative estimate of drug-likeness (QED) is 0.640. The van der Waals surface area contributed by atoms with Crippen molar-refractivity contribution in [2.24, 2.45) is 5.92 Å². The molecule has 1 saturated carbocycles. The number of hydrogen-bond acceptors (Lipinski definition) is 3. The lowest BCUT2D eigenvalue weighted by Gasteiger charge is -2.46. The lowest BCUT2D eigenvalue weighted by Crippen LogP contribution is -2.50. The molecule has 0 aromatic heterocycles. The van der Waals surface area contributed by atoms with Crippen molar-refractivity contribution in [1.29, 1.82) is 0 Å². The van der Waals surface area contributed by atoms with Gasteiger partial charge in [0.05, 0.1) is 0 Å². The fraction of sp³-hybridized carbons (Fsp3) is 1.00. The first-order valence-corrected chi connectivity index (χ1v) is 5.61. The summed E-state index contributed by atoms with van der Waals surface area (Å²) in [5, 5.41) is 0. The van der Waals surface area contributed by atoms with Crippen LogP contribution in [0.5, 0.6) is 0 Å². The van der Waals surface area contributed by atoms with E-state index in [0.29, 0.717) is 0 Å². The number of rotatable bonds is 4. The van der Waals surface area contributed by atoms with Crippen molar-refractivity contribution in [2.75, 3.05) is 33.9 Å². The Labute approximate surface area is 86.4 Å². The number of nitrogens with zero attached hydrogens (tertiary/aromatic N) is 1. The van der Waals surface area contributed by atoms with Crippen LogP contribution in [0, 0.1) is 5.92 Å². The molecule has 1 aliphatic heterocycles. The predicted octanol–water partition coefficient (Wildman–Crippen LogP) is 1.48. The minimum absolute atomic E-state index is 0.246. The molecule has 1 aliphatic carbocycles. The maximum Gasteiger partial charge on any atom is 0.168 e. The minimum atomic E-state index is -0.246. The van der Waals surface area contributed by atoms with E-state index >= 15 is 0 Å². The van der Waals surface area contributed by atoms with Crippen molar-refractivity contribution < 1.29 is 9.47 Å². The average Bonchev–Trinajstić information content (AvgIpc) is 2.63. The first kappa shape index (κ1) is 10.4. The summed E-state index contributed by atoms with van der Waals surface area (Å²) in [5.41, 5.74) is 0. The van der Waals surface area contributed by atoms with Crippen molar-refractivity contribution in [3.8, 4) is 0 Å². The van der Waals surface area contributed by atoms with E-state index in [-0.39, 0.29) is 5.79 Å². The molecule has 0 N–H and O–H groups in total. The molecule has 0 spiro atoms. The van der Waals surface area contributed by atoms with E-state index in [2.05, 4.69) is 4.90 Å². The van der Waals surface area contributed by atoms with Gasteiger partial charge in [0.1, 0.15) is 0 Å². The fourth-order valence-corrected chi connectivity index (χ4v) is 2.70. The molecule has 2 rings (SSSR count). The smallest absolute Gasteiger partial charge is 0.168 e. The monoisotopic (exact) mass is 199 g/mol. The van der Waals surface area contributed by atoms with Gasteiger partial charge in [0.2, 0.25) is 0 Å². The normalized spacial score (nSPS) is 27.9. The lowest BCUT2D eigenvalue weighted by atomic mass is 9.78. The predicted molar refractivity (Wildman–Crippen MR) is 55.1 cm³/mol. The molecule has 0 amide bonds. The Bertz CT molecular complexity index is 175. The summed E-state index contributed by atoms with van der Waals surface area (Å²) in [5.74, 6) is 0.540. The molecule has 2 fully saturated rings. The zero-order valence-corrected chi connectivity index (χ0v) is 9.29. The summed E-state index contributed by atoms with van der Waals surface area (Å²) in [6.45, 7) is 3.83. The van der Waals surface area contributed by atoms with Crippen molar-refractivity contribution >= 4 is 0 Å². The van der Waals surface area contributed by atoms with Crippen LogP contribution in [-0.4, -0.2) is 44.5 Å². The molecule has 0 aromatic rings. The molecule has 0 bridgehead atoms. The summed E-state index contributed by atoms with van der Waals surface area (Å²) in [6.07, 6.45) is 4.89. The van der Waals surface area contributed by atoms with Gasteiger partial charge in [-0.1, -0.05) is 0 Å². The topological polar surface area (TPSA) is 21.7 Å². The van der Waals surface area contributed by atoms with Gasteiger partial charge in [-0.25, -0.2) is 0 Å². The van der Waals surface area contributed by atoms with Crippen LogP contribution in [0.4, 0.5) is 0 Å². The Hall–Kier alpha value is -0.120. The summed E-state index contributed by atoms with van der Waals surface area (Å²) >= 11 is 0. The van der Waals surface area contributed by atoms with Crippen LogP contribution < -0.4 is 0 Å². The van der Waals surface area contributed by atoms with Crippen molar-refractivity contribution in [2.45, 2.75) is 31.5 Å². The second-order valence-corrected chi connectivity index (χ2v) is 4.60. The maximum absolute atomic E-state index is 5.38. The molecule has 0 atom stereocenters. The molecule has 0 aromatic carbocycles. The molecule has 3 heteroatoms. The molecule has 2 aliphatic rings. The van der Waals surface area contributed by atoms with Crippen LogP contribution >= 0.6 is 0 Å². The zero-order valence-electron chi connectivity index (χ0n) is 9.29. The average molecular weight is 199 g/mol. The molecule has 1 saturated heterocycles. The van der Waals surface area contributed by atoms with E-state index in [1.807, 2.05) is 0 Å². The highest BCUT2D eigenvalue weighted by molar-refractivity contribution is 4.90. The highest BCUT2D eigenvalue weighted by atomic mass is 16.7. The van der Waals surface area contributed by atoms with Crippen molar-refractivity contribution in [3.05, 3.63) is 0 Å². The molecular formula is C11H21NO2. The van der Waals surface area contributed by atoms with Gasteiger partial charge in [0.25, 0.3) is 0 Å². The van der Waals surface area contributed by atoms with E-state index < -0.39 is 0 Å². The van der Waals surface area contributed by atoms with Gasteiger partial charge in [-0.15, -0.1) is 0 Å². The number of hydrogen-bond donors (Lipinski definition) is 0. The summed E-state index contributed by atoms with van der Waals surface area (Å²) in [6, 6.07) is 0. The van der Waals surface area contributed by atoms with Crippen LogP contribution in [0.25, 0.3) is 0 Å². The largest absolute Gasteiger partial charge is 0.353 e. The van der Waals surface area contributed by atoms with Crippen molar-refractivity contribution in [1.82, 2.24) is 4.90 Å². The highest BCUT2D eigenvalue weighted by Crippen LogP contribution is 2.41. The molecule has 82 valence electrons. The Kier molecular flexibility index (Phi) is 3.10. The van der Waals surface area contributed by atoms with E-state index in [0.717, 1.165) is 18.8 Å². The van der Waals surface area contributed by atoms with Crippen LogP contribution in [-0.2, 0) is 9.47 Å². The molecule has 0 radical (unpaired) electrons. The van der Waals surface area contributed by atoms with Crippen LogP contribution in [0.2, 0.25) is 0 Å². The molecule has 3 nitrogen and oxygen atoms in total. The fourth-order valence-electron chi connectivity index (χ4n) is 2.70. The van der Waals surface area contributed by atoms with Gasteiger partial charge in [-0.2, -0.15) is 0 Å². The second-order valence-electron chi connectivity index (χ2n) is 4.60. The molecule has 14 heavy (non-hydrogen) atoms. The van der Waals surface area contributed by atoms with Crippen LogP contribution in [0.15, 0.2) is 0 Å². The Morgan fingerprint density at radius 2 is 1.71 bits per heavy atom. The van der Waals surface area contributed by atoms with Crippen LogP contribution in [0.3, 0.4) is 0 Å². The first-order valence-electron chi connectivity index (χ1n) is 5.61. The third kappa shape index (κ3) is 1.95. The van der Waals surface area contributed by atoms with E-state index in [9.17, 15) is 0 Å². The third-order valence-electron chi connectivity index (χ3n) is 3.66. The number of ether oxygens (including phenoxy) is 2. The summed E-state index contributed by atoms with van der Waals surface area (Å²) in [7, 11) is 3.49. The maximum atomic E-state index is 5.38. The standard InChI is InChI=1S/C11H21NO2/c1-13-11(14-2)7-10(8-11)9-12-5-3-4-6-12/h10H,3-9H2,1-2H3. The Morgan fingerprint density at radius 1 is 1.14 bits per heavy atom. The minimum Gasteiger partial charge on any atom is -0.353 e. The second kappa shape index (κ2) is 4.17. The Balaban J connectivity index is 1.71. The van der Waals surface area contributed by atoms with E-state index in [1.54, 1.807) is 14.2 Å².